The molecule has 2 atom stereocenters. The van der Waals surface area contributed by atoms with Gasteiger partial charge in [-0.05, 0) is 62.4 Å². The minimum Gasteiger partial charge on any atom is -0.388 e. The lowest BCUT2D eigenvalue weighted by molar-refractivity contribution is 0.143. The number of aliphatic hydroxyl groups is 1. The molecule has 1 aliphatic rings. The van der Waals surface area contributed by atoms with Crippen LogP contribution in [0, 0.1) is 5.92 Å². The molecule has 20 heavy (non-hydrogen) atoms. The molecule has 2 unspecified atom stereocenters. The van der Waals surface area contributed by atoms with Gasteiger partial charge >= 0.3 is 0 Å². The summed E-state index contributed by atoms with van der Waals surface area (Å²) < 4.78 is 0.944. The van der Waals surface area contributed by atoms with Crippen LogP contribution in [0.2, 0.25) is 5.02 Å². The highest BCUT2D eigenvalue weighted by atomic mass is 79.9. The maximum atomic E-state index is 10.3. The number of rotatable bonds is 4. The van der Waals surface area contributed by atoms with Gasteiger partial charge in [-0.15, -0.1) is 0 Å². The fourth-order valence-corrected chi connectivity index (χ4v) is 3.58. The molecule has 0 amide bonds. The number of likely N-dealkylation sites (tertiary alicyclic amines) is 1. The molecule has 0 saturated carbocycles. The summed E-state index contributed by atoms with van der Waals surface area (Å²) in [5.74, 6) is 0.839. The summed E-state index contributed by atoms with van der Waals surface area (Å²) >= 11 is 9.57. The first-order chi connectivity index (χ1) is 9.56. The van der Waals surface area contributed by atoms with Gasteiger partial charge < -0.3 is 10.0 Å². The number of nitrogens with zero attached hydrogens (tertiary/aromatic N) is 1. The monoisotopic (exact) mass is 359 g/mol. The molecule has 1 aromatic carbocycles. The Bertz CT molecular complexity index is 440. The fraction of sp³-hybridized carbons (Fsp3) is 0.625. The van der Waals surface area contributed by atoms with Crippen LogP contribution in [0.5, 0.6) is 0 Å². The first kappa shape index (κ1) is 16.3. The molecule has 1 fully saturated rings. The molecule has 112 valence electrons. The van der Waals surface area contributed by atoms with Gasteiger partial charge in [0.25, 0.3) is 0 Å². The van der Waals surface area contributed by atoms with Gasteiger partial charge in [0.15, 0.2) is 0 Å². The Morgan fingerprint density at radius 1 is 1.40 bits per heavy atom. The Morgan fingerprint density at radius 3 is 2.95 bits per heavy atom. The third kappa shape index (κ3) is 4.73. The van der Waals surface area contributed by atoms with Crippen molar-refractivity contribution in [3.8, 4) is 0 Å². The van der Waals surface area contributed by atoms with Crippen molar-refractivity contribution < 1.29 is 5.11 Å². The van der Waals surface area contributed by atoms with Gasteiger partial charge in [-0.25, -0.2) is 0 Å². The van der Waals surface area contributed by atoms with Crippen LogP contribution in [0.4, 0.5) is 0 Å². The second kappa shape index (κ2) is 7.79. The van der Waals surface area contributed by atoms with Gasteiger partial charge in [0.05, 0.1) is 6.10 Å². The number of halogens is 2. The van der Waals surface area contributed by atoms with Crippen LogP contribution in [0.15, 0.2) is 22.7 Å². The second-order valence-corrected chi connectivity index (χ2v) is 7.17. The molecule has 4 heteroatoms. The van der Waals surface area contributed by atoms with Crippen molar-refractivity contribution in [1.82, 2.24) is 4.90 Å². The van der Waals surface area contributed by atoms with Gasteiger partial charge in [-0.3, -0.25) is 0 Å². The van der Waals surface area contributed by atoms with Crippen LogP contribution in [0.1, 0.15) is 44.3 Å². The lowest BCUT2D eigenvalue weighted by atomic mass is 10.0. The van der Waals surface area contributed by atoms with Crippen LogP contribution in [-0.2, 0) is 0 Å². The number of aliphatic hydroxyl groups excluding tert-OH is 1. The zero-order chi connectivity index (χ0) is 14.5. The third-order valence-corrected chi connectivity index (χ3v) is 4.97. The van der Waals surface area contributed by atoms with Crippen molar-refractivity contribution in [1.29, 1.82) is 0 Å². The van der Waals surface area contributed by atoms with Crippen LogP contribution in [-0.4, -0.2) is 29.6 Å². The Hall–Kier alpha value is -0.0900. The van der Waals surface area contributed by atoms with Crippen molar-refractivity contribution in [2.24, 2.45) is 5.92 Å². The van der Waals surface area contributed by atoms with Crippen LogP contribution in [0.3, 0.4) is 0 Å². The third-order valence-electron chi connectivity index (χ3n) is 4.15. The van der Waals surface area contributed by atoms with Crippen molar-refractivity contribution in [3.63, 3.8) is 0 Å². The average Bonchev–Trinajstić information content (AvgIpc) is 2.61. The molecular weight excluding hydrogens is 338 g/mol. The SMILES string of the molecule is CC1CCCN(CCC(O)c2ccc(Br)cc2Cl)CC1. The average molecular weight is 361 g/mol. The second-order valence-electron chi connectivity index (χ2n) is 5.85. The normalized spacial score (nSPS) is 22.5. The zero-order valence-electron chi connectivity index (χ0n) is 12.0. The molecule has 0 spiro atoms. The fourth-order valence-electron chi connectivity index (χ4n) is 2.78. The van der Waals surface area contributed by atoms with Gasteiger partial charge in [0, 0.05) is 16.0 Å². The molecule has 1 aromatic rings. The van der Waals surface area contributed by atoms with E-state index in [1.807, 2.05) is 18.2 Å². The Kier molecular flexibility index (Phi) is 6.34. The minimum absolute atomic E-state index is 0.476. The molecule has 2 rings (SSSR count). The molecule has 0 aromatic heterocycles. The van der Waals surface area contributed by atoms with Crippen LogP contribution >= 0.6 is 27.5 Å². The van der Waals surface area contributed by atoms with E-state index < -0.39 is 6.10 Å². The summed E-state index contributed by atoms with van der Waals surface area (Å²) in [5.41, 5.74) is 0.832. The number of hydrogen-bond acceptors (Lipinski definition) is 2. The quantitative estimate of drug-likeness (QED) is 0.845. The smallest absolute Gasteiger partial charge is 0.0816 e. The van der Waals surface area contributed by atoms with E-state index in [0.29, 0.717) is 5.02 Å². The molecule has 1 N–H and O–H groups in total. The predicted octanol–water partition coefficient (Wildman–Crippen LogP) is 4.65. The molecule has 0 radical (unpaired) electrons. The van der Waals surface area contributed by atoms with Gasteiger partial charge in [-0.2, -0.15) is 0 Å². The van der Waals surface area contributed by atoms with Crippen molar-refractivity contribution in [2.75, 3.05) is 19.6 Å². The summed E-state index contributed by atoms with van der Waals surface area (Å²) in [5, 5.41) is 11.0. The zero-order valence-corrected chi connectivity index (χ0v) is 14.3. The van der Waals surface area contributed by atoms with Crippen LogP contribution < -0.4 is 0 Å². The first-order valence-electron chi connectivity index (χ1n) is 7.41. The summed E-state index contributed by atoms with van der Waals surface area (Å²) in [6, 6.07) is 5.67. The molecule has 0 bridgehead atoms. The van der Waals surface area contributed by atoms with Gasteiger partial charge in [0.2, 0.25) is 0 Å². The summed E-state index contributed by atoms with van der Waals surface area (Å²) in [6.07, 6.45) is 4.15. The van der Waals surface area contributed by atoms with Gasteiger partial charge in [-0.1, -0.05) is 40.5 Å². The number of hydrogen-bond donors (Lipinski definition) is 1. The van der Waals surface area contributed by atoms with E-state index in [-0.39, 0.29) is 0 Å². The highest BCUT2D eigenvalue weighted by Gasteiger charge is 2.17. The lowest BCUT2D eigenvalue weighted by Gasteiger charge is -2.22. The molecule has 1 saturated heterocycles. The highest BCUT2D eigenvalue weighted by Crippen LogP contribution is 2.28. The maximum Gasteiger partial charge on any atom is 0.0816 e. The molecule has 1 heterocycles. The summed E-state index contributed by atoms with van der Waals surface area (Å²) in [6.45, 7) is 5.59. The standard InChI is InChI=1S/C16H23BrClNO/c1-12-3-2-8-19(9-6-12)10-7-16(20)14-5-4-13(17)11-15(14)18/h4-5,11-12,16,20H,2-3,6-10H2,1H3. The Labute approximate surface area is 135 Å². The molecule has 1 aliphatic heterocycles. The van der Waals surface area contributed by atoms with Crippen molar-refractivity contribution in [2.45, 2.75) is 38.7 Å². The Morgan fingerprint density at radius 2 is 2.20 bits per heavy atom. The minimum atomic E-state index is -0.476. The molecule has 0 aliphatic carbocycles. The van der Waals surface area contributed by atoms with E-state index in [2.05, 4.69) is 27.8 Å². The van der Waals surface area contributed by atoms with E-state index in [4.69, 9.17) is 11.6 Å². The van der Waals surface area contributed by atoms with E-state index in [1.54, 1.807) is 0 Å². The highest BCUT2D eigenvalue weighted by molar-refractivity contribution is 9.10. The lowest BCUT2D eigenvalue weighted by Crippen LogP contribution is -2.27. The molecule has 2 nitrogen and oxygen atoms in total. The van der Waals surface area contributed by atoms with Gasteiger partial charge in [0.1, 0.15) is 0 Å². The topological polar surface area (TPSA) is 23.5 Å². The predicted molar refractivity (Wildman–Crippen MR) is 88.2 cm³/mol. The van der Waals surface area contributed by atoms with E-state index in [1.165, 1.54) is 19.3 Å². The van der Waals surface area contributed by atoms with E-state index >= 15 is 0 Å². The van der Waals surface area contributed by atoms with E-state index in [0.717, 1.165) is 42.0 Å². The first-order valence-corrected chi connectivity index (χ1v) is 8.58. The number of benzene rings is 1. The Balaban J connectivity index is 1.86. The van der Waals surface area contributed by atoms with Crippen LogP contribution in [0.25, 0.3) is 0 Å². The summed E-state index contributed by atoms with van der Waals surface area (Å²) in [7, 11) is 0. The van der Waals surface area contributed by atoms with E-state index in [9.17, 15) is 5.11 Å². The maximum absolute atomic E-state index is 10.3. The summed E-state index contributed by atoms with van der Waals surface area (Å²) in [4.78, 5) is 2.47. The molecular formula is C16H23BrClNO. The largest absolute Gasteiger partial charge is 0.388 e. The van der Waals surface area contributed by atoms with Crippen molar-refractivity contribution >= 4 is 27.5 Å². The van der Waals surface area contributed by atoms with Crippen molar-refractivity contribution in [3.05, 3.63) is 33.3 Å².